The number of rotatable bonds is 12. The topological polar surface area (TPSA) is 12.0 Å². The zero-order valence-electron chi connectivity index (χ0n) is 16.1. The van der Waals surface area contributed by atoms with Gasteiger partial charge in [-0.05, 0) is 41.9 Å². The molecular formula is C24H35N. The monoisotopic (exact) mass is 337 g/mol. The highest BCUT2D eigenvalue weighted by Gasteiger charge is 2.08. The van der Waals surface area contributed by atoms with Gasteiger partial charge in [-0.2, -0.15) is 0 Å². The van der Waals surface area contributed by atoms with Crippen molar-refractivity contribution in [1.82, 2.24) is 5.32 Å². The van der Waals surface area contributed by atoms with Gasteiger partial charge in [-0.3, -0.25) is 0 Å². The van der Waals surface area contributed by atoms with E-state index in [1.165, 1.54) is 61.6 Å². The van der Waals surface area contributed by atoms with Gasteiger partial charge in [0.2, 0.25) is 0 Å². The van der Waals surface area contributed by atoms with Crippen LogP contribution in [0.4, 0.5) is 0 Å². The van der Waals surface area contributed by atoms with Crippen LogP contribution < -0.4 is 5.32 Å². The average Bonchev–Trinajstić information content (AvgIpc) is 2.67. The summed E-state index contributed by atoms with van der Waals surface area (Å²) in [4.78, 5) is 0. The predicted molar refractivity (Wildman–Crippen MR) is 110 cm³/mol. The largest absolute Gasteiger partial charge is 0.312 e. The smallest absolute Gasteiger partial charge is 0.0205 e. The molecule has 1 unspecified atom stereocenters. The fourth-order valence-corrected chi connectivity index (χ4v) is 3.37. The second kappa shape index (κ2) is 11.9. The van der Waals surface area contributed by atoms with Crippen molar-refractivity contribution in [2.45, 2.75) is 71.3 Å². The highest BCUT2D eigenvalue weighted by molar-refractivity contribution is 5.23. The van der Waals surface area contributed by atoms with Gasteiger partial charge in [0.1, 0.15) is 0 Å². The zero-order valence-corrected chi connectivity index (χ0v) is 16.1. The first-order chi connectivity index (χ1) is 12.3. The summed E-state index contributed by atoms with van der Waals surface area (Å²) in [5, 5.41) is 3.64. The van der Waals surface area contributed by atoms with Gasteiger partial charge in [0.15, 0.2) is 0 Å². The van der Waals surface area contributed by atoms with E-state index in [1.807, 2.05) is 0 Å². The molecule has 136 valence electrons. The second-order valence-corrected chi connectivity index (χ2v) is 7.13. The van der Waals surface area contributed by atoms with Gasteiger partial charge in [-0.25, -0.2) is 0 Å². The Morgan fingerprint density at radius 1 is 0.760 bits per heavy atom. The molecule has 0 bridgehead atoms. The molecule has 25 heavy (non-hydrogen) atoms. The van der Waals surface area contributed by atoms with Crippen LogP contribution in [-0.4, -0.2) is 6.54 Å². The first-order valence-electron chi connectivity index (χ1n) is 10.2. The maximum Gasteiger partial charge on any atom is 0.0205 e. The molecule has 0 aliphatic rings. The van der Waals surface area contributed by atoms with E-state index in [0.717, 1.165) is 13.1 Å². The van der Waals surface area contributed by atoms with Crippen LogP contribution in [0.2, 0.25) is 0 Å². The molecule has 0 aromatic heterocycles. The molecule has 0 spiro atoms. The van der Waals surface area contributed by atoms with Crippen LogP contribution in [0.3, 0.4) is 0 Å². The SMILES string of the molecule is CCCCCCCc1ccc(CNCC(CC)c2ccccc2)cc1. The lowest BCUT2D eigenvalue weighted by Gasteiger charge is -2.16. The summed E-state index contributed by atoms with van der Waals surface area (Å²) in [5.74, 6) is 0.601. The van der Waals surface area contributed by atoms with E-state index in [0.29, 0.717) is 5.92 Å². The molecule has 0 fully saturated rings. The minimum Gasteiger partial charge on any atom is -0.312 e. The number of unbranched alkanes of at least 4 members (excludes halogenated alkanes) is 4. The van der Waals surface area contributed by atoms with E-state index in [2.05, 4.69) is 73.8 Å². The highest BCUT2D eigenvalue weighted by atomic mass is 14.9. The Bertz CT molecular complexity index is 558. The van der Waals surface area contributed by atoms with Crippen molar-refractivity contribution in [3.63, 3.8) is 0 Å². The van der Waals surface area contributed by atoms with Crippen molar-refractivity contribution in [1.29, 1.82) is 0 Å². The van der Waals surface area contributed by atoms with Crippen LogP contribution in [0.15, 0.2) is 54.6 Å². The lowest BCUT2D eigenvalue weighted by atomic mass is 9.96. The molecule has 0 saturated carbocycles. The molecule has 2 aromatic rings. The number of aryl methyl sites for hydroxylation is 1. The summed E-state index contributed by atoms with van der Waals surface area (Å²) in [6.45, 7) is 6.55. The Hall–Kier alpha value is -1.60. The van der Waals surface area contributed by atoms with Gasteiger partial charge in [0, 0.05) is 13.1 Å². The van der Waals surface area contributed by atoms with Crippen molar-refractivity contribution < 1.29 is 0 Å². The van der Waals surface area contributed by atoms with Crippen LogP contribution in [-0.2, 0) is 13.0 Å². The molecule has 0 amide bonds. The van der Waals surface area contributed by atoms with E-state index in [-0.39, 0.29) is 0 Å². The molecular weight excluding hydrogens is 302 g/mol. The normalized spacial score (nSPS) is 12.2. The first-order valence-corrected chi connectivity index (χ1v) is 10.2. The lowest BCUT2D eigenvalue weighted by molar-refractivity contribution is 0.569. The predicted octanol–water partition coefficient (Wildman–Crippen LogP) is 6.48. The van der Waals surface area contributed by atoms with Gasteiger partial charge < -0.3 is 5.32 Å². The second-order valence-electron chi connectivity index (χ2n) is 7.13. The van der Waals surface area contributed by atoms with Crippen LogP contribution >= 0.6 is 0 Å². The number of hydrogen-bond donors (Lipinski definition) is 1. The van der Waals surface area contributed by atoms with Crippen molar-refractivity contribution >= 4 is 0 Å². The van der Waals surface area contributed by atoms with E-state index in [1.54, 1.807) is 0 Å². The average molecular weight is 338 g/mol. The Morgan fingerprint density at radius 2 is 1.44 bits per heavy atom. The van der Waals surface area contributed by atoms with Crippen molar-refractivity contribution in [2.24, 2.45) is 0 Å². The van der Waals surface area contributed by atoms with Crippen LogP contribution in [0, 0.1) is 0 Å². The number of nitrogens with one attached hydrogen (secondary N) is 1. The summed E-state index contributed by atoms with van der Waals surface area (Å²) < 4.78 is 0. The maximum absolute atomic E-state index is 3.64. The van der Waals surface area contributed by atoms with E-state index >= 15 is 0 Å². The molecule has 2 rings (SSSR count). The minimum absolute atomic E-state index is 0.601. The van der Waals surface area contributed by atoms with Crippen LogP contribution in [0.5, 0.6) is 0 Å². The van der Waals surface area contributed by atoms with Gasteiger partial charge in [-0.1, -0.05) is 94.1 Å². The first kappa shape index (κ1) is 19.7. The molecule has 1 nitrogen and oxygen atoms in total. The molecule has 0 heterocycles. The zero-order chi connectivity index (χ0) is 17.7. The van der Waals surface area contributed by atoms with E-state index in [4.69, 9.17) is 0 Å². The van der Waals surface area contributed by atoms with Gasteiger partial charge in [0.25, 0.3) is 0 Å². The molecule has 0 aliphatic heterocycles. The lowest BCUT2D eigenvalue weighted by Crippen LogP contribution is -2.20. The van der Waals surface area contributed by atoms with Crippen molar-refractivity contribution in [2.75, 3.05) is 6.54 Å². The summed E-state index contributed by atoms with van der Waals surface area (Å²) in [6, 6.07) is 20.1. The number of hydrogen-bond acceptors (Lipinski definition) is 1. The third kappa shape index (κ3) is 7.44. The molecule has 0 saturated heterocycles. The Kier molecular flexibility index (Phi) is 9.36. The van der Waals surface area contributed by atoms with E-state index < -0.39 is 0 Å². The van der Waals surface area contributed by atoms with Crippen LogP contribution in [0.1, 0.15) is 75.0 Å². The van der Waals surface area contributed by atoms with Gasteiger partial charge in [0.05, 0.1) is 0 Å². The molecule has 1 N–H and O–H groups in total. The van der Waals surface area contributed by atoms with E-state index in [9.17, 15) is 0 Å². The van der Waals surface area contributed by atoms with Crippen LogP contribution in [0.25, 0.3) is 0 Å². The molecule has 1 heteroatoms. The third-order valence-corrected chi connectivity index (χ3v) is 5.08. The summed E-state index contributed by atoms with van der Waals surface area (Å²) in [6.07, 6.45) is 9.19. The molecule has 1 atom stereocenters. The molecule has 0 radical (unpaired) electrons. The third-order valence-electron chi connectivity index (χ3n) is 5.08. The molecule has 0 aliphatic carbocycles. The van der Waals surface area contributed by atoms with Gasteiger partial charge >= 0.3 is 0 Å². The summed E-state index contributed by atoms with van der Waals surface area (Å²) in [7, 11) is 0. The Balaban J connectivity index is 1.70. The molecule has 2 aromatic carbocycles. The quantitative estimate of drug-likeness (QED) is 0.437. The fraction of sp³-hybridized carbons (Fsp3) is 0.500. The summed E-state index contributed by atoms with van der Waals surface area (Å²) in [5.41, 5.74) is 4.31. The standard InChI is InChI=1S/C24H35N/c1-3-5-6-7-9-12-21-15-17-22(18-16-21)19-25-20-23(4-2)24-13-10-8-11-14-24/h8,10-11,13-18,23,25H,3-7,9,12,19-20H2,1-2H3. The van der Waals surface area contributed by atoms with Crippen molar-refractivity contribution in [3.05, 3.63) is 71.3 Å². The fourth-order valence-electron chi connectivity index (χ4n) is 3.37. The Morgan fingerprint density at radius 3 is 2.12 bits per heavy atom. The minimum atomic E-state index is 0.601. The summed E-state index contributed by atoms with van der Waals surface area (Å²) >= 11 is 0. The maximum atomic E-state index is 3.64. The van der Waals surface area contributed by atoms with Gasteiger partial charge in [-0.15, -0.1) is 0 Å². The van der Waals surface area contributed by atoms with Crippen molar-refractivity contribution in [3.8, 4) is 0 Å². The Labute approximate surface area is 154 Å². The number of benzene rings is 2. The highest BCUT2D eigenvalue weighted by Crippen LogP contribution is 2.18.